The number of hydrogen-bond donors (Lipinski definition) is 1. The van der Waals surface area contributed by atoms with E-state index in [1.54, 1.807) is 23.0 Å². The van der Waals surface area contributed by atoms with Crippen molar-refractivity contribution in [2.75, 3.05) is 5.73 Å². The minimum absolute atomic E-state index is 0.272. The van der Waals surface area contributed by atoms with E-state index in [1.165, 1.54) is 6.33 Å². The molecular formula is C12H8N6. The Balaban J connectivity index is 2.25. The Bertz CT molecular complexity index is 750. The van der Waals surface area contributed by atoms with Crippen molar-refractivity contribution in [3.05, 3.63) is 42.6 Å². The highest BCUT2D eigenvalue weighted by molar-refractivity contribution is 5.77. The van der Waals surface area contributed by atoms with Gasteiger partial charge in [-0.25, -0.2) is 15.0 Å². The molecule has 0 saturated heterocycles. The number of rotatable bonds is 1. The number of hydrogen-bond acceptors (Lipinski definition) is 5. The molecule has 0 atom stereocenters. The van der Waals surface area contributed by atoms with E-state index in [9.17, 15) is 0 Å². The Morgan fingerprint density at radius 1 is 1.11 bits per heavy atom. The van der Waals surface area contributed by atoms with Crippen LogP contribution in [0.1, 0.15) is 5.69 Å². The smallest absolute Gasteiger partial charge is 0.171 e. The van der Waals surface area contributed by atoms with Gasteiger partial charge in [0.1, 0.15) is 24.2 Å². The fraction of sp³-hybridized carbons (Fsp3) is 0. The van der Waals surface area contributed by atoms with Crippen LogP contribution in [0, 0.1) is 11.3 Å². The predicted molar refractivity (Wildman–Crippen MR) is 65.8 cm³/mol. The van der Waals surface area contributed by atoms with Crippen molar-refractivity contribution in [2.45, 2.75) is 0 Å². The first-order valence-electron chi connectivity index (χ1n) is 5.23. The van der Waals surface area contributed by atoms with Gasteiger partial charge in [0.2, 0.25) is 0 Å². The zero-order valence-corrected chi connectivity index (χ0v) is 9.28. The normalized spacial score (nSPS) is 10.4. The van der Waals surface area contributed by atoms with Gasteiger partial charge in [0.05, 0.1) is 0 Å². The SMILES string of the molecule is N#Cc1ncnc2c1ncn2-c1ccc(N)cc1. The third kappa shape index (κ3) is 1.46. The molecule has 3 aromatic rings. The molecule has 0 fully saturated rings. The first-order chi connectivity index (χ1) is 8.79. The van der Waals surface area contributed by atoms with E-state index in [0.717, 1.165) is 5.69 Å². The molecule has 0 unspecified atom stereocenters. The minimum Gasteiger partial charge on any atom is -0.399 e. The number of nitrogens with two attached hydrogens (primary N) is 1. The van der Waals surface area contributed by atoms with Crippen LogP contribution < -0.4 is 5.73 Å². The summed E-state index contributed by atoms with van der Waals surface area (Å²) >= 11 is 0. The van der Waals surface area contributed by atoms with Crippen molar-refractivity contribution in [3.63, 3.8) is 0 Å². The van der Waals surface area contributed by atoms with Gasteiger partial charge < -0.3 is 5.73 Å². The zero-order valence-electron chi connectivity index (χ0n) is 9.28. The van der Waals surface area contributed by atoms with Gasteiger partial charge in [-0.2, -0.15) is 5.26 Å². The molecule has 0 amide bonds. The lowest BCUT2D eigenvalue weighted by molar-refractivity contribution is 1.06. The van der Waals surface area contributed by atoms with Crippen molar-refractivity contribution in [1.29, 1.82) is 5.26 Å². The van der Waals surface area contributed by atoms with E-state index < -0.39 is 0 Å². The van der Waals surface area contributed by atoms with Gasteiger partial charge in [0, 0.05) is 11.4 Å². The van der Waals surface area contributed by atoms with E-state index in [4.69, 9.17) is 11.0 Å². The number of nitrogen functional groups attached to an aromatic ring is 1. The fourth-order valence-corrected chi connectivity index (χ4v) is 1.74. The topological polar surface area (TPSA) is 93.4 Å². The average molecular weight is 236 g/mol. The Morgan fingerprint density at radius 2 is 1.89 bits per heavy atom. The highest BCUT2D eigenvalue weighted by atomic mass is 15.1. The second kappa shape index (κ2) is 3.82. The molecule has 1 aromatic carbocycles. The maximum atomic E-state index is 8.95. The summed E-state index contributed by atoms with van der Waals surface area (Å²) in [5.41, 5.74) is 8.59. The summed E-state index contributed by atoms with van der Waals surface area (Å²) in [6.45, 7) is 0. The highest BCUT2D eigenvalue weighted by Crippen LogP contribution is 2.18. The fourth-order valence-electron chi connectivity index (χ4n) is 1.74. The van der Waals surface area contributed by atoms with Crippen LogP contribution in [0.15, 0.2) is 36.9 Å². The molecular weight excluding hydrogens is 228 g/mol. The minimum atomic E-state index is 0.272. The first-order valence-corrected chi connectivity index (χ1v) is 5.23. The lowest BCUT2D eigenvalue weighted by Crippen LogP contribution is -1.95. The molecule has 86 valence electrons. The first kappa shape index (κ1) is 10.2. The van der Waals surface area contributed by atoms with Crippen molar-refractivity contribution >= 4 is 16.9 Å². The molecule has 0 saturated carbocycles. The monoisotopic (exact) mass is 236 g/mol. The summed E-state index contributed by atoms with van der Waals surface area (Å²) in [4.78, 5) is 12.2. The van der Waals surface area contributed by atoms with Crippen LogP contribution in [0.2, 0.25) is 0 Å². The summed E-state index contributed by atoms with van der Waals surface area (Å²) in [5.74, 6) is 0. The molecule has 0 aliphatic heterocycles. The maximum absolute atomic E-state index is 8.95. The lowest BCUT2D eigenvalue weighted by atomic mass is 10.3. The maximum Gasteiger partial charge on any atom is 0.171 e. The van der Waals surface area contributed by atoms with Crippen molar-refractivity contribution < 1.29 is 0 Å². The van der Waals surface area contributed by atoms with Crippen LogP contribution in [0.5, 0.6) is 0 Å². The van der Waals surface area contributed by atoms with E-state index in [1.807, 2.05) is 18.2 Å². The molecule has 2 heterocycles. The Hall–Kier alpha value is -2.94. The van der Waals surface area contributed by atoms with Crippen LogP contribution in [0.4, 0.5) is 5.69 Å². The number of nitrogens with zero attached hydrogens (tertiary/aromatic N) is 5. The average Bonchev–Trinajstić information content (AvgIpc) is 2.83. The molecule has 6 nitrogen and oxygen atoms in total. The summed E-state index contributed by atoms with van der Waals surface area (Å²) in [7, 11) is 0. The van der Waals surface area contributed by atoms with E-state index >= 15 is 0 Å². The molecule has 0 aliphatic rings. The standard InChI is InChI=1S/C12H8N6/c13-5-10-11-12(16-6-15-10)18(7-17-11)9-3-1-8(14)2-4-9/h1-4,6-7H,14H2. The zero-order chi connectivity index (χ0) is 12.5. The van der Waals surface area contributed by atoms with Gasteiger partial charge in [-0.3, -0.25) is 4.57 Å². The molecule has 2 N–H and O–H groups in total. The van der Waals surface area contributed by atoms with Gasteiger partial charge in [0.25, 0.3) is 0 Å². The number of imidazole rings is 1. The number of anilines is 1. The highest BCUT2D eigenvalue weighted by Gasteiger charge is 2.10. The Kier molecular flexibility index (Phi) is 2.17. The largest absolute Gasteiger partial charge is 0.399 e. The van der Waals surface area contributed by atoms with Gasteiger partial charge in [0.15, 0.2) is 11.3 Å². The second-order valence-electron chi connectivity index (χ2n) is 3.71. The van der Waals surface area contributed by atoms with E-state index in [-0.39, 0.29) is 5.69 Å². The summed E-state index contributed by atoms with van der Waals surface area (Å²) in [6, 6.07) is 9.33. The van der Waals surface area contributed by atoms with E-state index in [0.29, 0.717) is 16.9 Å². The summed E-state index contributed by atoms with van der Waals surface area (Å²) in [5, 5.41) is 8.95. The molecule has 18 heavy (non-hydrogen) atoms. The van der Waals surface area contributed by atoms with Gasteiger partial charge in [-0.15, -0.1) is 0 Å². The molecule has 3 rings (SSSR count). The number of fused-ring (bicyclic) bond motifs is 1. The summed E-state index contributed by atoms with van der Waals surface area (Å²) < 4.78 is 1.79. The molecule has 0 spiro atoms. The lowest BCUT2D eigenvalue weighted by Gasteiger charge is -2.03. The quantitative estimate of drug-likeness (QED) is 0.642. The molecule has 0 aliphatic carbocycles. The Morgan fingerprint density at radius 3 is 2.61 bits per heavy atom. The van der Waals surface area contributed by atoms with Crippen LogP contribution in [-0.2, 0) is 0 Å². The third-order valence-corrected chi connectivity index (χ3v) is 2.61. The van der Waals surface area contributed by atoms with Crippen molar-refractivity contribution in [2.24, 2.45) is 0 Å². The predicted octanol–water partition coefficient (Wildman–Crippen LogP) is 1.27. The van der Waals surface area contributed by atoms with Crippen LogP contribution in [0.3, 0.4) is 0 Å². The Labute approximate surface area is 102 Å². The van der Waals surface area contributed by atoms with E-state index in [2.05, 4.69) is 15.0 Å². The summed E-state index contributed by atoms with van der Waals surface area (Å²) in [6.07, 6.45) is 2.97. The van der Waals surface area contributed by atoms with Gasteiger partial charge in [-0.05, 0) is 24.3 Å². The van der Waals surface area contributed by atoms with Crippen LogP contribution in [-0.4, -0.2) is 19.5 Å². The number of aromatic nitrogens is 4. The molecule has 0 radical (unpaired) electrons. The molecule has 6 heteroatoms. The second-order valence-corrected chi connectivity index (χ2v) is 3.71. The van der Waals surface area contributed by atoms with Crippen LogP contribution in [0.25, 0.3) is 16.9 Å². The number of nitriles is 1. The third-order valence-electron chi connectivity index (χ3n) is 2.61. The van der Waals surface area contributed by atoms with Gasteiger partial charge >= 0.3 is 0 Å². The molecule has 2 aromatic heterocycles. The van der Waals surface area contributed by atoms with Crippen LogP contribution >= 0.6 is 0 Å². The molecule has 0 bridgehead atoms. The van der Waals surface area contributed by atoms with Gasteiger partial charge in [-0.1, -0.05) is 0 Å². The number of benzene rings is 1. The van der Waals surface area contributed by atoms with Crippen molar-refractivity contribution in [3.8, 4) is 11.8 Å². The van der Waals surface area contributed by atoms with Crippen molar-refractivity contribution in [1.82, 2.24) is 19.5 Å².